The molecule has 1 amide bonds. The summed E-state index contributed by atoms with van der Waals surface area (Å²) >= 11 is 0. The van der Waals surface area contributed by atoms with E-state index in [-0.39, 0.29) is 18.6 Å². The van der Waals surface area contributed by atoms with Crippen molar-refractivity contribution in [2.24, 2.45) is 0 Å². The number of benzene rings is 1. The Kier molecular flexibility index (Phi) is 7.02. The lowest BCUT2D eigenvalue weighted by molar-refractivity contribution is -0.133. The van der Waals surface area contributed by atoms with Gasteiger partial charge in [0.15, 0.2) is 14.6 Å². The highest BCUT2D eigenvalue weighted by Crippen LogP contribution is 2.34. The number of ether oxygens (including phenoxy) is 1. The van der Waals surface area contributed by atoms with Crippen molar-refractivity contribution < 1.29 is 23.2 Å². The molecule has 0 aliphatic carbocycles. The number of carbonyl (C=O) groups excluding carboxylic acids is 1. The molecular formula is C18H28N2O5S. The zero-order valence-electron chi connectivity index (χ0n) is 15.4. The topological polar surface area (TPSA) is 95.9 Å². The maximum Gasteiger partial charge on any atom is 0.264 e. The Morgan fingerprint density at radius 3 is 2.38 bits per heavy atom. The molecule has 0 spiro atoms. The minimum atomic E-state index is -3.81. The summed E-state index contributed by atoms with van der Waals surface area (Å²) in [6, 6.07) is 6.74. The maximum atomic E-state index is 13.1. The second-order valence-corrected chi connectivity index (χ2v) is 9.04. The van der Waals surface area contributed by atoms with E-state index in [4.69, 9.17) is 9.94 Å². The number of carbonyl (C=O) groups is 1. The van der Waals surface area contributed by atoms with Crippen molar-refractivity contribution in [1.29, 1.82) is 0 Å². The zero-order valence-corrected chi connectivity index (χ0v) is 16.2. The molecule has 0 unspecified atom stereocenters. The molecule has 2 N–H and O–H groups in total. The highest BCUT2D eigenvalue weighted by molar-refractivity contribution is 7.92. The minimum absolute atomic E-state index is 0.182. The quantitative estimate of drug-likeness (QED) is 0.524. The third-order valence-electron chi connectivity index (χ3n) is 5.12. The monoisotopic (exact) mass is 384 g/mol. The molecule has 1 heterocycles. The Balaban J connectivity index is 2.21. The molecule has 8 heteroatoms. The van der Waals surface area contributed by atoms with Gasteiger partial charge in [-0.1, -0.05) is 25.5 Å². The van der Waals surface area contributed by atoms with Crippen LogP contribution in [0, 0.1) is 0 Å². The lowest BCUT2D eigenvalue weighted by Gasteiger charge is -2.39. The van der Waals surface area contributed by atoms with E-state index < -0.39 is 20.5 Å². The van der Waals surface area contributed by atoms with E-state index in [1.807, 2.05) is 0 Å². The second kappa shape index (κ2) is 8.83. The molecule has 0 bridgehead atoms. The van der Waals surface area contributed by atoms with E-state index in [0.29, 0.717) is 24.4 Å². The normalized spacial score (nSPS) is 17.7. The number of hydrogen-bond acceptors (Lipinski definition) is 6. The Bertz CT molecular complexity index is 695. The van der Waals surface area contributed by atoms with Gasteiger partial charge in [0.25, 0.3) is 5.91 Å². The summed E-state index contributed by atoms with van der Waals surface area (Å²) in [6.07, 6.45) is 2.47. The maximum absolute atomic E-state index is 13.1. The number of hydroxylamine groups is 1. The Labute approximate surface area is 155 Å². The fourth-order valence-electron chi connectivity index (χ4n) is 3.38. The number of hydrogen-bond donors (Lipinski definition) is 2. The first-order valence-electron chi connectivity index (χ1n) is 8.90. The van der Waals surface area contributed by atoms with Crippen LogP contribution in [-0.2, 0) is 20.4 Å². The molecule has 1 fully saturated rings. The predicted octanol–water partition coefficient (Wildman–Crippen LogP) is 1.75. The predicted molar refractivity (Wildman–Crippen MR) is 98.9 cm³/mol. The van der Waals surface area contributed by atoms with Crippen LogP contribution in [0.15, 0.2) is 24.3 Å². The lowest BCUT2D eigenvalue weighted by Crippen LogP contribution is -2.58. The average molecular weight is 384 g/mol. The molecule has 0 radical (unpaired) electrons. The van der Waals surface area contributed by atoms with Crippen molar-refractivity contribution in [2.75, 3.05) is 26.7 Å². The van der Waals surface area contributed by atoms with Crippen LogP contribution in [-0.4, -0.2) is 55.9 Å². The van der Waals surface area contributed by atoms with E-state index in [9.17, 15) is 13.2 Å². The van der Waals surface area contributed by atoms with Crippen molar-refractivity contribution >= 4 is 15.7 Å². The second-order valence-electron chi connectivity index (χ2n) is 6.74. The molecule has 1 aliphatic rings. The van der Waals surface area contributed by atoms with Gasteiger partial charge in [-0.15, -0.1) is 0 Å². The van der Waals surface area contributed by atoms with Crippen LogP contribution in [0.1, 0.15) is 38.2 Å². The van der Waals surface area contributed by atoms with E-state index >= 15 is 0 Å². The van der Waals surface area contributed by atoms with E-state index in [2.05, 4.69) is 11.8 Å². The number of nitrogens with one attached hydrogen (secondary N) is 1. The molecular weight excluding hydrogens is 356 g/mol. The molecule has 0 atom stereocenters. The molecule has 1 saturated heterocycles. The summed E-state index contributed by atoms with van der Waals surface area (Å²) in [6.45, 7) is 4.04. The highest BCUT2D eigenvalue weighted by atomic mass is 32.2. The van der Waals surface area contributed by atoms with Gasteiger partial charge in [-0.05, 0) is 43.5 Å². The molecule has 2 rings (SSSR count). The van der Waals surface area contributed by atoms with Crippen LogP contribution in [0.25, 0.3) is 0 Å². The van der Waals surface area contributed by atoms with Crippen molar-refractivity contribution in [3.8, 4) is 5.75 Å². The fraction of sp³-hybridized carbons (Fsp3) is 0.611. The van der Waals surface area contributed by atoms with Crippen LogP contribution in [0.3, 0.4) is 0 Å². The Morgan fingerprint density at radius 2 is 1.88 bits per heavy atom. The number of sulfone groups is 1. The van der Waals surface area contributed by atoms with Gasteiger partial charge in [-0.25, -0.2) is 13.9 Å². The summed E-state index contributed by atoms with van der Waals surface area (Å²) in [7, 11) is -2.27. The van der Waals surface area contributed by atoms with Gasteiger partial charge in [0, 0.05) is 13.1 Å². The lowest BCUT2D eigenvalue weighted by atomic mass is 9.94. The smallest absolute Gasteiger partial charge is 0.264 e. The van der Waals surface area contributed by atoms with E-state index in [1.54, 1.807) is 36.9 Å². The van der Waals surface area contributed by atoms with E-state index in [0.717, 1.165) is 19.4 Å². The van der Waals surface area contributed by atoms with Crippen molar-refractivity contribution in [2.45, 2.75) is 43.1 Å². The summed E-state index contributed by atoms with van der Waals surface area (Å²) in [4.78, 5) is 14.5. The highest BCUT2D eigenvalue weighted by Gasteiger charge is 2.51. The molecule has 1 aliphatic heterocycles. The number of amides is 1. The van der Waals surface area contributed by atoms with Gasteiger partial charge in [0.2, 0.25) is 0 Å². The third kappa shape index (κ3) is 4.36. The summed E-state index contributed by atoms with van der Waals surface area (Å²) in [5, 5.41) is 9.16. The SMILES string of the molecule is CCCCN1CCC(C(=O)NO)(S(=O)(=O)Cc2ccc(OC)cc2)CC1. The number of methoxy groups -OCH3 is 1. The number of piperidine rings is 1. The molecule has 26 heavy (non-hydrogen) atoms. The Morgan fingerprint density at radius 1 is 1.27 bits per heavy atom. The summed E-state index contributed by atoms with van der Waals surface area (Å²) in [5.41, 5.74) is 2.17. The molecule has 7 nitrogen and oxygen atoms in total. The minimum Gasteiger partial charge on any atom is -0.497 e. The largest absolute Gasteiger partial charge is 0.497 e. The summed E-state index contributed by atoms with van der Waals surface area (Å²) in [5.74, 6) is -0.446. The average Bonchev–Trinajstić information content (AvgIpc) is 2.66. The zero-order chi connectivity index (χ0) is 19.2. The number of rotatable bonds is 8. The van der Waals surface area contributed by atoms with Crippen molar-refractivity contribution in [1.82, 2.24) is 10.4 Å². The standard InChI is InChI=1S/C18H28N2O5S/c1-3-4-11-20-12-9-18(10-13-20,17(21)19-22)26(23,24)14-15-5-7-16(25-2)8-6-15/h5-8,22H,3-4,9-14H2,1-2H3,(H,19,21). The van der Waals surface area contributed by atoms with Gasteiger partial charge >= 0.3 is 0 Å². The molecule has 1 aromatic carbocycles. The Hall–Kier alpha value is -1.64. The molecule has 146 valence electrons. The van der Waals surface area contributed by atoms with Crippen LogP contribution in [0.2, 0.25) is 0 Å². The number of likely N-dealkylation sites (tertiary alicyclic amines) is 1. The first-order valence-corrected chi connectivity index (χ1v) is 10.6. The molecule has 0 saturated carbocycles. The number of nitrogens with zero attached hydrogens (tertiary/aromatic N) is 1. The van der Waals surface area contributed by atoms with Crippen LogP contribution < -0.4 is 10.2 Å². The van der Waals surface area contributed by atoms with Gasteiger partial charge in [0.05, 0.1) is 12.9 Å². The van der Waals surface area contributed by atoms with Gasteiger partial charge in [-0.2, -0.15) is 0 Å². The third-order valence-corrected chi connectivity index (χ3v) is 7.62. The first-order chi connectivity index (χ1) is 12.4. The van der Waals surface area contributed by atoms with E-state index in [1.165, 1.54) is 0 Å². The number of unbranched alkanes of at least 4 members (excludes halogenated alkanes) is 1. The van der Waals surface area contributed by atoms with Gasteiger partial charge in [0.1, 0.15) is 5.75 Å². The van der Waals surface area contributed by atoms with Crippen molar-refractivity contribution in [3.05, 3.63) is 29.8 Å². The molecule has 0 aromatic heterocycles. The van der Waals surface area contributed by atoms with Crippen LogP contribution in [0.5, 0.6) is 5.75 Å². The molecule has 1 aromatic rings. The van der Waals surface area contributed by atoms with Crippen LogP contribution >= 0.6 is 0 Å². The fourth-order valence-corrected chi connectivity index (χ4v) is 5.42. The van der Waals surface area contributed by atoms with Gasteiger partial charge in [-0.3, -0.25) is 10.0 Å². The summed E-state index contributed by atoms with van der Waals surface area (Å²) < 4.78 is 29.8. The van der Waals surface area contributed by atoms with Crippen molar-refractivity contribution in [3.63, 3.8) is 0 Å². The van der Waals surface area contributed by atoms with Crippen LogP contribution in [0.4, 0.5) is 0 Å². The van der Waals surface area contributed by atoms with Gasteiger partial charge < -0.3 is 9.64 Å². The first kappa shape index (κ1) is 20.7.